The van der Waals surface area contributed by atoms with Crippen LogP contribution in [0.5, 0.6) is 0 Å². The predicted molar refractivity (Wildman–Crippen MR) is 72.4 cm³/mol. The molecule has 3 saturated carbocycles. The standard InChI is InChI=1S/C13H16BrN3O/c1-17-13(18)11(14)8(5-15-17)16-12-9-6-2-3-7(4-6)10(9)12/h5-7,9-10,12,16H,2-4H2,1H3. The first-order valence-corrected chi connectivity index (χ1v) is 7.44. The third-order valence-electron chi connectivity index (χ3n) is 5.14. The summed E-state index contributed by atoms with van der Waals surface area (Å²) in [5, 5.41) is 7.61. The van der Waals surface area contributed by atoms with Gasteiger partial charge < -0.3 is 5.32 Å². The molecule has 1 heterocycles. The maximum Gasteiger partial charge on any atom is 0.282 e. The van der Waals surface area contributed by atoms with Gasteiger partial charge in [-0.05, 0) is 58.9 Å². The predicted octanol–water partition coefficient (Wildman–Crippen LogP) is 2.00. The first-order chi connectivity index (χ1) is 8.66. The maximum atomic E-state index is 11.8. The van der Waals surface area contributed by atoms with Crippen LogP contribution >= 0.6 is 15.9 Å². The van der Waals surface area contributed by atoms with Crippen LogP contribution in [0.3, 0.4) is 0 Å². The molecule has 4 nitrogen and oxygen atoms in total. The Morgan fingerprint density at radius 1 is 1.39 bits per heavy atom. The Balaban J connectivity index is 1.57. The van der Waals surface area contributed by atoms with Crippen LogP contribution in [-0.4, -0.2) is 15.8 Å². The lowest BCUT2D eigenvalue weighted by Gasteiger charge is -2.12. The summed E-state index contributed by atoms with van der Waals surface area (Å²) in [6, 6.07) is 0.585. The van der Waals surface area contributed by atoms with Crippen LogP contribution < -0.4 is 10.9 Å². The molecule has 1 N–H and O–H groups in total. The molecule has 0 aliphatic heterocycles. The summed E-state index contributed by atoms with van der Waals surface area (Å²) in [5.41, 5.74) is 0.783. The third-order valence-corrected chi connectivity index (χ3v) is 5.90. The maximum absolute atomic E-state index is 11.8. The van der Waals surface area contributed by atoms with E-state index in [1.54, 1.807) is 13.2 Å². The van der Waals surface area contributed by atoms with Crippen molar-refractivity contribution in [1.82, 2.24) is 9.78 Å². The van der Waals surface area contributed by atoms with Gasteiger partial charge in [0, 0.05) is 13.1 Å². The molecule has 3 aliphatic rings. The van der Waals surface area contributed by atoms with E-state index in [1.807, 2.05) is 0 Å². The number of nitrogens with one attached hydrogen (secondary N) is 1. The van der Waals surface area contributed by atoms with Crippen molar-refractivity contribution in [3.05, 3.63) is 21.0 Å². The monoisotopic (exact) mass is 309 g/mol. The fraction of sp³-hybridized carbons (Fsp3) is 0.692. The van der Waals surface area contributed by atoms with Crippen molar-refractivity contribution in [3.8, 4) is 0 Å². The zero-order valence-electron chi connectivity index (χ0n) is 10.3. The van der Waals surface area contributed by atoms with E-state index in [0.29, 0.717) is 10.5 Å². The number of rotatable bonds is 2. The summed E-state index contributed by atoms with van der Waals surface area (Å²) in [7, 11) is 1.67. The Kier molecular flexibility index (Phi) is 2.20. The Morgan fingerprint density at radius 3 is 2.72 bits per heavy atom. The Morgan fingerprint density at radius 2 is 2.06 bits per heavy atom. The highest BCUT2D eigenvalue weighted by molar-refractivity contribution is 9.10. The molecule has 2 bridgehead atoms. The van der Waals surface area contributed by atoms with E-state index in [9.17, 15) is 4.79 Å². The fourth-order valence-corrected chi connectivity index (χ4v) is 4.78. The minimum Gasteiger partial charge on any atom is -0.379 e. The van der Waals surface area contributed by atoms with Gasteiger partial charge in [0.1, 0.15) is 4.47 Å². The van der Waals surface area contributed by atoms with Crippen molar-refractivity contribution < 1.29 is 0 Å². The number of fused-ring (bicyclic) bond motifs is 5. The molecular formula is C13H16BrN3O. The Hall–Kier alpha value is -0.840. The van der Waals surface area contributed by atoms with Crippen molar-refractivity contribution in [3.63, 3.8) is 0 Å². The highest BCUT2D eigenvalue weighted by Crippen LogP contribution is 2.66. The van der Waals surface area contributed by atoms with Gasteiger partial charge in [0.2, 0.25) is 0 Å². The third kappa shape index (κ3) is 1.37. The van der Waals surface area contributed by atoms with Crippen molar-refractivity contribution >= 4 is 21.6 Å². The number of aryl methyl sites for hydroxylation is 1. The van der Waals surface area contributed by atoms with Crippen molar-refractivity contribution in [2.45, 2.75) is 25.3 Å². The summed E-state index contributed by atoms with van der Waals surface area (Å²) >= 11 is 3.38. The molecule has 0 saturated heterocycles. The van der Waals surface area contributed by atoms with Crippen LogP contribution in [0.4, 0.5) is 5.69 Å². The second-order valence-electron chi connectivity index (χ2n) is 5.96. The molecule has 4 rings (SSSR count). The summed E-state index contributed by atoms with van der Waals surface area (Å²) < 4.78 is 1.96. The van der Waals surface area contributed by atoms with Crippen LogP contribution in [-0.2, 0) is 7.05 Å². The van der Waals surface area contributed by atoms with E-state index in [4.69, 9.17) is 0 Å². The van der Waals surface area contributed by atoms with Gasteiger partial charge in [-0.3, -0.25) is 4.79 Å². The zero-order chi connectivity index (χ0) is 12.4. The van der Waals surface area contributed by atoms with Crippen LogP contribution in [0.25, 0.3) is 0 Å². The average Bonchev–Trinajstić information content (AvgIpc) is 2.76. The second-order valence-corrected chi connectivity index (χ2v) is 6.75. The molecule has 0 radical (unpaired) electrons. The molecule has 96 valence electrons. The normalized spacial score (nSPS) is 39.8. The summed E-state index contributed by atoms with van der Waals surface area (Å²) in [4.78, 5) is 11.8. The number of aromatic nitrogens is 2. The fourth-order valence-electron chi connectivity index (χ4n) is 4.31. The second kappa shape index (κ2) is 3.59. The van der Waals surface area contributed by atoms with Gasteiger partial charge in [0.15, 0.2) is 0 Å². The molecule has 1 aromatic heterocycles. The van der Waals surface area contributed by atoms with E-state index in [0.717, 1.165) is 29.4 Å². The highest BCUT2D eigenvalue weighted by atomic mass is 79.9. The largest absolute Gasteiger partial charge is 0.379 e. The van der Waals surface area contributed by atoms with Gasteiger partial charge in [-0.1, -0.05) is 0 Å². The molecule has 1 aromatic rings. The number of hydrogen-bond donors (Lipinski definition) is 1. The molecule has 5 heteroatoms. The molecule has 3 aliphatic carbocycles. The summed E-state index contributed by atoms with van der Waals surface area (Å²) in [5.74, 6) is 3.60. The van der Waals surface area contributed by atoms with Gasteiger partial charge in [-0.15, -0.1) is 0 Å². The van der Waals surface area contributed by atoms with Crippen molar-refractivity contribution in [2.24, 2.45) is 30.7 Å². The van der Waals surface area contributed by atoms with Gasteiger partial charge in [0.05, 0.1) is 11.9 Å². The lowest BCUT2D eigenvalue weighted by molar-refractivity contribution is 0.456. The van der Waals surface area contributed by atoms with Crippen LogP contribution in [0.2, 0.25) is 0 Å². The first kappa shape index (κ1) is 11.0. The number of hydrogen-bond acceptors (Lipinski definition) is 3. The van der Waals surface area contributed by atoms with Gasteiger partial charge in [-0.25, -0.2) is 4.68 Å². The quantitative estimate of drug-likeness (QED) is 0.909. The molecule has 0 amide bonds. The Bertz CT molecular complexity index is 554. The van der Waals surface area contributed by atoms with Gasteiger partial charge in [-0.2, -0.15) is 5.10 Å². The van der Waals surface area contributed by atoms with E-state index in [2.05, 4.69) is 26.3 Å². The smallest absolute Gasteiger partial charge is 0.282 e. The minimum atomic E-state index is -0.0752. The molecule has 18 heavy (non-hydrogen) atoms. The van der Waals surface area contributed by atoms with Gasteiger partial charge >= 0.3 is 0 Å². The number of nitrogens with zero attached hydrogens (tertiary/aromatic N) is 2. The van der Waals surface area contributed by atoms with Crippen LogP contribution in [0, 0.1) is 23.7 Å². The topological polar surface area (TPSA) is 46.9 Å². The molecule has 4 atom stereocenters. The molecular weight excluding hydrogens is 294 g/mol. The lowest BCUT2D eigenvalue weighted by atomic mass is 10.0. The van der Waals surface area contributed by atoms with Crippen molar-refractivity contribution in [1.29, 1.82) is 0 Å². The molecule has 3 fully saturated rings. The summed E-state index contributed by atoms with van der Waals surface area (Å²) in [6.07, 6.45) is 6.03. The van der Waals surface area contributed by atoms with Crippen molar-refractivity contribution in [2.75, 3.05) is 5.32 Å². The van der Waals surface area contributed by atoms with E-state index < -0.39 is 0 Å². The molecule has 4 unspecified atom stereocenters. The van der Waals surface area contributed by atoms with E-state index in [-0.39, 0.29) is 5.56 Å². The van der Waals surface area contributed by atoms with Crippen LogP contribution in [0.15, 0.2) is 15.5 Å². The van der Waals surface area contributed by atoms with Crippen LogP contribution in [0.1, 0.15) is 19.3 Å². The SMILES string of the molecule is Cn1ncc(NC2C3C4CCC(C4)C23)c(Br)c1=O. The zero-order valence-corrected chi connectivity index (χ0v) is 11.9. The van der Waals surface area contributed by atoms with E-state index in [1.165, 1.54) is 23.9 Å². The number of halogens is 1. The minimum absolute atomic E-state index is 0.0752. The first-order valence-electron chi connectivity index (χ1n) is 6.65. The highest BCUT2D eigenvalue weighted by Gasteiger charge is 2.65. The number of anilines is 1. The Labute approximate surface area is 114 Å². The summed E-state index contributed by atoms with van der Waals surface area (Å²) in [6.45, 7) is 0. The molecule has 0 aromatic carbocycles. The van der Waals surface area contributed by atoms with E-state index >= 15 is 0 Å². The average molecular weight is 310 g/mol. The van der Waals surface area contributed by atoms with Gasteiger partial charge in [0.25, 0.3) is 5.56 Å². The lowest BCUT2D eigenvalue weighted by Crippen LogP contribution is -2.23. The molecule has 0 spiro atoms.